The Morgan fingerprint density at radius 3 is 2.28 bits per heavy atom. The molecule has 0 bridgehead atoms. The Balaban J connectivity index is 2.17. The van der Waals surface area contributed by atoms with Crippen molar-refractivity contribution >= 4 is 15.7 Å². The summed E-state index contributed by atoms with van der Waals surface area (Å²) in [5.74, 6) is -0.485. The average Bonchev–Trinajstić information content (AvgIpc) is 2.71. The largest absolute Gasteiger partial charge is 0.497 e. The molecule has 0 amide bonds. The van der Waals surface area contributed by atoms with E-state index < -0.39 is 27.7 Å². The SMILES string of the molecule is COc1cccc([C@@H](C)N(c2ccc(C)c(F)c2)S(=O)(=O)c2ccc(F)cc2)c1. The number of anilines is 1. The van der Waals surface area contributed by atoms with Gasteiger partial charge in [-0.2, -0.15) is 0 Å². The van der Waals surface area contributed by atoms with Crippen molar-refractivity contribution in [3.8, 4) is 5.75 Å². The molecule has 1 atom stereocenters. The van der Waals surface area contributed by atoms with E-state index in [1.54, 1.807) is 44.2 Å². The highest BCUT2D eigenvalue weighted by Crippen LogP contribution is 2.35. The molecule has 0 heterocycles. The maximum absolute atomic E-state index is 14.3. The Labute approximate surface area is 169 Å². The number of rotatable bonds is 6. The van der Waals surface area contributed by atoms with Crippen molar-refractivity contribution in [2.24, 2.45) is 0 Å². The van der Waals surface area contributed by atoms with Gasteiger partial charge in [-0.15, -0.1) is 0 Å². The van der Waals surface area contributed by atoms with E-state index >= 15 is 0 Å². The molecule has 3 rings (SSSR count). The fourth-order valence-electron chi connectivity index (χ4n) is 3.05. The van der Waals surface area contributed by atoms with Gasteiger partial charge in [0.1, 0.15) is 17.4 Å². The minimum absolute atomic E-state index is 0.0883. The lowest BCUT2D eigenvalue weighted by atomic mass is 10.1. The molecule has 29 heavy (non-hydrogen) atoms. The van der Waals surface area contributed by atoms with Gasteiger partial charge in [-0.3, -0.25) is 4.31 Å². The molecule has 0 aliphatic rings. The third-order valence-electron chi connectivity index (χ3n) is 4.71. The van der Waals surface area contributed by atoms with Crippen molar-refractivity contribution in [2.45, 2.75) is 24.8 Å². The van der Waals surface area contributed by atoms with E-state index in [0.29, 0.717) is 16.9 Å². The highest BCUT2D eigenvalue weighted by molar-refractivity contribution is 7.92. The van der Waals surface area contributed by atoms with Crippen LogP contribution in [0.25, 0.3) is 0 Å². The van der Waals surface area contributed by atoms with Gasteiger partial charge in [-0.05, 0) is 73.5 Å². The summed E-state index contributed by atoms with van der Waals surface area (Å²) in [6, 6.07) is 15.1. The summed E-state index contributed by atoms with van der Waals surface area (Å²) in [7, 11) is -2.59. The Morgan fingerprint density at radius 1 is 0.966 bits per heavy atom. The molecule has 0 fully saturated rings. The summed E-state index contributed by atoms with van der Waals surface area (Å²) < 4.78 is 60.9. The number of ether oxygens (including phenoxy) is 1. The summed E-state index contributed by atoms with van der Waals surface area (Å²) in [6.45, 7) is 3.30. The number of halogens is 2. The fraction of sp³-hybridized carbons (Fsp3) is 0.182. The zero-order chi connectivity index (χ0) is 21.2. The lowest BCUT2D eigenvalue weighted by Gasteiger charge is -2.31. The monoisotopic (exact) mass is 417 g/mol. The molecular weight excluding hydrogens is 396 g/mol. The van der Waals surface area contributed by atoms with E-state index in [9.17, 15) is 17.2 Å². The third kappa shape index (κ3) is 4.24. The predicted octanol–water partition coefficient (Wildman–Crippen LogP) is 5.24. The van der Waals surface area contributed by atoms with E-state index in [0.717, 1.165) is 16.4 Å². The molecule has 152 valence electrons. The first-order chi connectivity index (χ1) is 13.7. The van der Waals surface area contributed by atoms with Crippen LogP contribution in [0.5, 0.6) is 5.75 Å². The van der Waals surface area contributed by atoms with Gasteiger partial charge < -0.3 is 4.74 Å². The molecule has 0 saturated carbocycles. The predicted molar refractivity (Wildman–Crippen MR) is 109 cm³/mol. The Hall–Kier alpha value is -2.93. The Bertz CT molecular complexity index is 1120. The second-order valence-corrected chi connectivity index (χ2v) is 8.46. The van der Waals surface area contributed by atoms with Crippen LogP contribution >= 0.6 is 0 Å². The highest BCUT2D eigenvalue weighted by Gasteiger charge is 2.31. The first-order valence-electron chi connectivity index (χ1n) is 8.94. The van der Waals surface area contributed by atoms with Gasteiger partial charge in [-0.25, -0.2) is 17.2 Å². The number of hydrogen-bond donors (Lipinski definition) is 0. The van der Waals surface area contributed by atoms with Crippen LogP contribution in [0.2, 0.25) is 0 Å². The van der Waals surface area contributed by atoms with E-state index in [1.165, 1.54) is 31.4 Å². The molecule has 0 unspecified atom stereocenters. The van der Waals surface area contributed by atoms with E-state index in [2.05, 4.69) is 0 Å². The van der Waals surface area contributed by atoms with Crippen LogP contribution in [-0.2, 0) is 10.0 Å². The number of nitrogens with zero attached hydrogens (tertiary/aromatic N) is 1. The molecule has 0 aliphatic heterocycles. The zero-order valence-corrected chi connectivity index (χ0v) is 17.1. The van der Waals surface area contributed by atoms with Gasteiger partial charge in [0.25, 0.3) is 10.0 Å². The molecule has 0 spiro atoms. The summed E-state index contributed by atoms with van der Waals surface area (Å²) in [5.41, 5.74) is 1.24. The maximum atomic E-state index is 14.3. The van der Waals surface area contributed by atoms with Gasteiger partial charge in [0.05, 0.1) is 23.7 Å². The minimum atomic E-state index is -4.11. The van der Waals surface area contributed by atoms with Crippen molar-refractivity contribution in [3.63, 3.8) is 0 Å². The number of sulfonamides is 1. The lowest BCUT2D eigenvalue weighted by Crippen LogP contribution is -2.34. The summed E-state index contributed by atoms with van der Waals surface area (Å²) in [6.07, 6.45) is 0. The summed E-state index contributed by atoms with van der Waals surface area (Å²) >= 11 is 0. The molecule has 0 N–H and O–H groups in total. The van der Waals surface area contributed by atoms with E-state index in [4.69, 9.17) is 4.74 Å². The van der Waals surface area contributed by atoms with Crippen molar-refractivity contribution in [1.82, 2.24) is 0 Å². The van der Waals surface area contributed by atoms with Crippen LogP contribution in [0.15, 0.2) is 71.6 Å². The van der Waals surface area contributed by atoms with E-state index in [-0.39, 0.29) is 10.6 Å². The molecular formula is C22H21F2NO3S. The lowest BCUT2D eigenvalue weighted by molar-refractivity contribution is 0.414. The molecule has 0 aliphatic carbocycles. The van der Waals surface area contributed by atoms with Gasteiger partial charge in [-0.1, -0.05) is 18.2 Å². The zero-order valence-electron chi connectivity index (χ0n) is 16.3. The Morgan fingerprint density at radius 2 is 1.66 bits per heavy atom. The van der Waals surface area contributed by atoms with Gasteiger partial charge in [0.15, 0.2) is 0 Å². The molecule has 7 heteroatoms. The van der Waals surface area contributed by atoms with Crippen LogP contribution < -0.4 is 9.04 Å². The van der Waals surface area contributed by atoms with Crippen LogP contribution in [-0.4, -0.2) is 15.5 Å². The molecule has 0 radical (unpaired) electrons. The van der Waals surface area contributed by atoms with Crippen molar-refractivity contribution < 1.29 is 21.9 Å². The second kappa shape index (κ2) is 8.21. The van der Waals surface area contributed by atoms with Crippen LogP contribution in [0.1, 0.15) is 24.1 Å². The first-order valence-corrected chi connectivity index (χ1v) is 10.4. The van der Waals surface area contributed by atoms with Crippen molar-refractivity contribution in [2.75, 3.05) is 11.4 Å². The van der Waals surface area contributed by atoms with Crippen LogP contribution in [0.3, 0.4) is 0 Å². The smallest absolute Gasteiger partial charge is 0.264 e. The minimum Gasteiger partial charge on any atom is -0.497 e. The standard InChI is InChI=1S/C22H21F2NO3S/c1-15-7-10-19(14-22(15)24)25(16(2)17-5-4-6-20(13-17)28-3)29(26,27)21-11-8-18(23)9-12-21/h4-14,16H,1-3H3/t16-/m1/s1. The molecule has 4 nitrogen and oxygen atoms in total. The fourth-order valence-corrected chi connectivity index (χ4v) is 4.68. The van der Waals surface area contributed by atoms with Crippen molar-refractivity contribution in [1.29, 1.82) is 0 Å². The molecule has 0 aromatic heterocycles. The molecule has 3 aromatic carbocycles. The topological polar surface area (TPSA) is 46.6 Å². The highest BCUT2D eigenvalue weighted by atomic mass is 32.2. The van der Waals surface area contributed by atoms with Gasteiger partial charge >= 0.3 is 0 Å². The van der Waals surface area contributed by atoms with Crippen LogP contribution in [0.4, 0.5) is 14.5 Å². The van der Waals surface area contributed by atoms with Crippen LogP contribution in [0, 0.1) is 18.6 Å². The second-order valence-electron chi connectivity index (χ2n) is 6.64. The molecule has 0 saturated heterocycles. The number of methoxy groups -OCH3 is 1. The third-order valence-corrected chi connectivity index (χ3v) is 6.62. The number of benzene rings is 3. The van der Waals surface area contributed by atoms with Crippen molar-refractivity contribution in [3.05, 3.63) is 89.5 Å². The number of hydrogen-bond acceptors (Lipinski definition) is 3. The molecule has 3 aromatic rings. The maximum Gasteiger partial charge on any atom is 0.264 e. The number of aryl methyl sites for hydroxylation is 1. The average molecular weight is 417 g/mol. The Kier molecular flexibility index (Phi) is 5.88. The first kappa shape index (κ1) is 20.8. The summed E-state index contributed by atoms with van der Waals surface area (Å²) in [5, 5.41) is 0. The normalized spacial score (nSPS) is 12.4. The van der Waals surface area contributed by atoms with Gasteiger partial charge in [0.2, 0.25) is 0 Å². The van der Waals surface area contributed by atoms with E-state index in [1.807, 2.05) is 0 Å². The summed E-state index contributed by atoms with van der Waals surface area (Å²) in [4.78, 5) is -0.0883. The van der Waals surface area contributed by atoms with Gasteiger partial charge in [0, 0.05) is 0 Å². The quantitative estimate of drug-likeness (QED) is 0.551.